The minimum absolute atomic E-state index is 0.770. The fourth-order valence-corrected chi connectivity index (χ4v) is 3.90. The van der Waals surface area contributed by atoms with Crippen molar-refractivity contribution in [2.45, 2.75) is 0 Å². The first-order valence-electron chi connectivity index (χ1n) is 5.32. The highest BCUT2D eigenvalue weighted by Gasteiger charge is 2.17. The lowest BCUT2D eigenvalue weighted by molar-refractivity contribution is 0.122. The number of aromatic nitrogens is 1. The van der Waals surface area contributed by atoms with Gasteiger partial charge in [0.2, 0.25) is 0 Å². The van der Waals surface area contributed by atoms with Crippen LogP contribution >= 0.6 is 45.5 Å². The van der Waals surface area contributed by atoms with Crippen LogP contribution in [0.1, 0.15) is 0 Å². The van der Waals surface area contributed by atoms with Crippen molar-refractivity contribution in [1.82, 2.24) is 4.98 Å². The molecule has 3 heterocycles. The monoisotopic (exact) mass is 380 g/mol. The first-order valence-corrected chi connectivity index (χ1v) is 7.59. The summed E-state index contributed by atoms with van der Waals surface area (Å²) in [6, 6.07) is 4.09. The van der Waals surface area contributed by atoms with Crippen molar-refractivity contribution in [2.75, 3.05) is 31.2 Å². The highest BCUT2D eigenvalue weighted by molar-refractivity contribution is 14.1. The van der Waals surface area contributed by atoms with Crippen LogP contribution in [0.25, 0.3) is 10.1 Å². The maximum Gasteiger partial charge on any atom is 0.138 e. The molecular formula is C11H10ClIN2OS. The maximum atomic E-state index is 6.09. The van der Waals surface area contributed by atoms with Crippen LogP contribution < -0.4 is 4.90 Å². The summed E-state index contributed by atoms with van der Waals surface area (Å²) >= 11 is 9.95. The van der Waals surface area contributed by atoms with Crippen molar-refractivity contribution in [3.63, 3.8) is 0 Å². The second-order valence-corrected chi connectivity index (χ2v) is 6.65. The molecule has 1 aliphatic heterocycles. The third-order valence-electron chi connectivity index (χ3n) is 2.75. The van der Waals surface area contributed by atoms with Gasteiger partial charge in [0.1, 0.15) is 9.52 Å². The van der Waals surface area contributed by atoms with Crippen molar-refractivity contribution in [1.29, 1.82) is 0 Å². The Morgan fingerprint density at radius 1 is 1.35 bits per heavy atom. The van der Waals surface area contributed by atoms with Crippen LogP contribution in [0.2, 0.25) is 4.34 Å². The van der Waals surface area contributed by atoms with Gasteiger partial charge in [0.05, 0.1) is 17.6 Å². The smallest absolute Gasteiger partial charge is 0.138 e. The minimum atomic E-state index is 0.770. The molecule has 2 aromatic rings. The molecule has 0 atom stereocenters. The molecule has 0 amide bonds. The number of morpholine rings is 1. The third kappa shape index (κ3) is 2.38. The highest BCUT2D eigenvalue weighted by atomic mass is 127. The van der Waals surface area contributed by atoms with E-state index in [2.05, 4.69) is 38.5 Å². The largest absolute Gasteiger partial charge is 0.378 e. The van der Waals surface area contributed by atoms with Gasteiger partial charge in [0.15, 0.2) is 0 Å². The molecule has 0 spiro atoms. The van der Waals surface area contributed by atoms with Crippen LogP contribution in [-0.2, 0) is 4.74 Å². The Kier molecular flexibility index (Phi) is 3.43. The van der Waals surface area contributed by atoms with Crippen molar-refractivity contribution in [2.24, 2.45) is 0 Å². The molecule has 3 rings (SSSR count). The van der Waals surface area contributed by atoms with Gasteiger partial charge in [-0.3, -0.25) is 0 Å². The average molecular weight is 381 g/mol. The Labute approximate surface area is 122 Å². The van der Waals surface area contributed by atoms with Crippen LogP contribution in [0.5, 0.6) is 0 Å². The summed E-state index contributed by atoms with van der Waals surface area (Å²) in [5.74, 6) is 1.04. The Morgan fingerprint density at radius 3 is 2.88 bits per heavy atom. The zero-order chi connectivity index (χ0) is 11.8. The summed E-state index contributed by atoms with van der Waals surface area (Å²) in [5, 5.41) is 1.15. The number of ether oxygens (including phenoxy) is 1. The van der Waals surface area contributed by atoms with E-state index in [4.69, 9.17) is 16.3 Å². The molecule has 0 radical (unpaired) electrons. The molecular weight excluding hydrogens is 371 g/mol. The number of pyridine rings is 1. The Morgan fingerprint density at radius 2 is 2.12 bits per heavy atom. The van der Waals surface area contributed by atoms with Gasteiger partial charge in [-0.1, -0.05) is 11.6 Å². The molecule has 1 fully saturated rings. The van der Waals surface area contributed by atoms with E-state index in [-0.39, 0.29) is 0 Å². The second kappa shape index (κ2) is 4.87. The van der Waals surface area contributed by atoms with Gasteiger partial charge in [-0.15, -0.1) is 11.3 Å². The SMILES string of the molecule is Clc1cc2c(N3CCOCC3)nc(I)cc2s1. The first-order chi connectivity index (χ1) is 8.24. The Balaban J connectivity index is 2.12. The second-order valence-electron chi connectivity index (χ2n) is 3.83. The number of rotatable bonds is 1. The van der Waals surface area contributed by atoms with Gasteiger partial charge in [0, 0.05) is 23.2 Å². The molecule has 2 aromatic heterocycles. The third-order valence-corrected chi connectivity index (χ3v) is 4.51. The molecule has 1 saturated heterocycles. The number of anilines is 1. The van der Waals surface area contributed by atoms with Gasteiger partial charge in [-0.2, -0.15) is 0 Å². The minimum Gasteiger partial charge on any atom is -0.378 e. The van der Waals surface area contributed by atoms with E-state index in [0.717, 1.165) is 45.5 Å². The van der Waals surface area contributed by atoms with Crippen LogP contribution in [0.15, 0.2) is 12.1 Å². The highest BCUT2D eigenvalue weighted by Crippen LogP contribution is 2.35. The van der Waals surface area contributed by atoms with Crippen molar-refractivity contribution >= 4 is 61.4 Å². The predicted molar refractivity (Wildman–Crippen MR) is 80.4 cm³/mol. The summed E-state index contributed by atoms with van der Waals surface area (Å²) in [4.78, 5) is 6.92. The Bertz CT molecular complexity index is 554. The van der Waals surface area contributed by atoms with Crippen molar-refractivity contribution in [3.05, 3.63) is 20.2 Å². The maximum absolute atomic E-state index is 6.09. The molecule has 0 aliphatic carbocycles. The van der Waals surface area contributed by atoms with Gasteiger partial charge < -0.3 is 9.64 Å². The van der Waals surface area contributed by atoms with Crippen LogP contribution in [0.3, 0.4) is 0 Å². The number of hydrogen-bond donors (Lipinski definition) is 0. The molecule has 0 N–H and O–H groups in total. The zero-order valence-corrected chi connectivity index (χ0v) is 12.7. The predicted octanol–water partition coefficient (Wildman–Crippen LogP) is 3.39. The molecule has 0 unspecified atom stereocenters. The topological polar surface area (TPSA) is 25.4 Å². The van der Waals surface area contributed by atoms with Crippen LogP contribution in [0.4, 0.5) is 5.82 Å². The standard InChI is InChI=1S/C11H10ClIN2OS/c12-9-5-7-8(17-9)6-10(13)14-11(7)15-1-3-16-4-2-15/h5-6H,1-4H2. The molecule has 1 aliphatic rings. The van der Waals surface area contributed by atoms with Crippen molar-refractivity contribution in [3.8, 4) is 0 Å². The molecule has 0 bridgehead atoms. The normalized spacial score (nSPS) is 16.7. The van der Waals surface area contributed by atoms with Crippen LogP contribution in [0, 0.1) is 3.70 Å². The number of nitrogens with zero attached hydrogens (tertiary/aromatic N) is 2. The number of thiophene rings is 1. The fraction of sp³-hybridized carbons (Fsp3) is 0.364. The van der Waals surface area contributed by atoms with Gasteiger partial charge in [-0.25, -0.2) is 4.98 Å². The van der Waals surface area contributed by atoms with Gasteiger partial charge in [-0.05, 0) is 34.7 Å². The summed E-state index contributed by atoms with van der Waals surface area (Å²) < 4.78 is 8.41. The summed E-state index contributed by atoms with van der Waals surface area (Å²) in [5.41, 5.74) is 0. The molecule has 17 heavy (non-hydrogen) atoms. The zero-order valence-electron chi connectivity index (χ0n) is 8.95. The van der Waals surface area contributed by atoms with E-state index in [9.17, 15) is 0 Å². The molecule has 0 saturated carbocycles. The molecule has 6 heteroatoms. The number of halogens is 2. The van der Waals surface area contributed by atoms with E-state index in [1.54, 1.807) is 11.3 Å². The van der Waals surface area contributed by atoms with E-state index in [0.29, 0.717) is 0 Å². The quantitative estimate of drug-likeness (QED) is 0.560. The molecule has 3 nitrogen and oxygen atoms in total. The molecule has 0 aromatic carbocycles. The van der Waals surface area contributed by atoms with E-state index in [1.807, 2.05) is 6.07 Å². The lowest BCUT2D eigenvalue weighted by Crippen LogP contribution is -2.36. The first kappa shape index (κ1) is 12.0. The summed E-state index contributed by atoms with van der Waals surface area (Å²) in [6.07, 6.45) is 0. The average Bonchev–Trinajstić information content (AvgIpc) is 2.69. The molecule has 90 valence electrons. The summed E-state index contributed by atoms with van der Waals surface area (Å²) in [7, 11) is 0. The fourth-order valence-electron chi connectivity index (χ4n) is 1.97. The van der Waals surface area contributed by atoms with Gasteiger partial charge >= 0.3 is 0 Å². The van der Waals surface area contributed by atoms with E-state index >= 15 is 0 Å². The van der Waals surface area contributed by atoms with E-state index in [1.165, 1.54) is 4.70 Å². The number of hydrogen-bond acceptors (Lipinski definition) is 4. The van der Waals surface area contributed by atoms with Crippen LogP contribution in [-0.4, -0.2) is 31.3 Å². The van der Waals surface area contributed by atoms with E-state index < -0.39 is 0 Å². The lowest BCUT2D eigenvalue weighted by atomic mass is 10.3. The lowest BCUT2D eigenvalue weighted by Gasteiger charge is -2.28. The summed E-state index contributed by atoms with van der Waals surface area (Å²) in [6.45, 7) is 3.34. The number of fused-ring (bicyclic) bond motifs is 1. The Hall–Kier alpha value is -0.110. The van der Waals surface area contributed by atoms with Crippen molar-refractivity contribution < 1.29 is 4.74 Å². The van der Waals surface area contributed by atoms with Gasteiger partial charge in [0.25, 0.3) is 0 Å².